The van der Waals surface area contributed by atoms with Gasteiger partial charge < -0.3 is 4.74 Å². The zero-order valence-corrected chi connectivity index (χ0v) is 13.6. The third-order valence-electron chi connectivity index (χ3n) is 5.22. The molecule has 124 valence electrons. The molecule has 2 aromatic rings. The molecule has 2 aromatic carbocycles. The van der Waals surface area contributed by atoms with Crippen molar-refractivity contribution in [1.82, 2.24) is 0 Å². The lowest BCUT2D eigenvalue weighted by Crippen LogP contribution is -2.16. The Morgan fingerprint density at radius 3 is 2.21 bits per heavy atom. The summed E-state index contributed by atoms with van der Waals surface area (Å²) in [5.74, 6) is 0.680. The molecule has 0 unspecified atom stereocenters. The molecule has 24 heavy (non-hydrogen) atoms. The molecule has 0 atom stereocenters. The second kappa shape index (κ2) is 6.48. The summed E-state index contributed by atoms with van der Waals surface area (Å²) < 4.78 is 18.8. The maximum atomic E-state index is 13.3. The summed E-state index contributed by atoms with van der Waals surface area (Å²) in [6.07, 6.45) is 5.23. The van der Waals surface area contributed by atoms with E-state index in [9.17, 15) is 9.18 Å². The van der Waals surface area contributed by atoms with Gasteiger partial charge in [-0.1, -0.05) is 12.1 Å². The Bertz CT molecular complexity index is 741. The van der Waals surface area contributed by atoms with Crippen LogP contribution in [0.1, 0.15) is 59.0 Å². The highest BCUT2D eigenvalue weighted by atomic mass is 19.1. The van der Waals surface area contributed by atoms with Gasteiger partial charge in [-0.15, -0.1) is 0 Å². The number of carbonyl (C=O) groups excluding carboxylic acids is 1. The van der Waals surface area contributed by atoms with Crippen molar-refractivity contribution < 1.29 is 13.9 Å². The van der Waals surface area contributed by atoms with Gasteiger partial charge in [-0.25, -0.2) is 4.39 Å². The summed E-state index contributed by atoms with van der Waals surface area (Å²) >= 11 is 0. The number of benzene rings is 2. The van der Waals surface area contributed by atoms with Crippen LogP contribution in [0.3, 0.4) is 0 Å². The Labute approximate surface area is 141 Å². The van der Waals surface area contributed by atoms with E-state index in [0.29, 0.717) is 11.8 Å². The van der Waals surface area contributed by atoms with Crippen molar-refractivity contribution in [1.29, 1.82) is 0 Å². The summed E-state index contributed by atoms with van der Waals surface area (Å²) in [6, 6.07) is 11.0. The lowest BCUT2D eigenvalue weighted by atomic mass is 9.84. The van der Waals surface area contributed by atoms with Crippen molar-refractivity contribution in [2.24, 2.45) is 0 Å². The van der Waals surface area contributed by atoms with E-state index in [2.05, 4.69) is 12.1 Å². The first-order valence-corrected chi connectivity index (χ1v) is 8.73. The van der Waals surface area contributed by atoms with Crippen LogP contribution in [0.2, 0.25) is 0 Å². The molecule has 0 N–H and O–H groups in total. The first kappa shape index (κ1) is 15.5. The first-order chi connectivity index (χ1) is 11.8. The van der Waals surface area contributed by atoms with Gasteiger partial charge in [0, 0.05) is 18.8 Å². The van der Waals surface area contributed by atoms with Crippen LogP contribution in [0.4, 0.5) is 4.39 Å². The van der Waals surface area contributed by atoms with Gasteiger partial charge in [-0.05, 0) is 84.0 Å². The van der Waals surface area contributed by atoms with Gasteiger partial charge in [0.2, 0.25) is 0 Å². The Hall–Kier alpha value is -2.00. The Morgan fingerprint density at radius 2 is 1.58 bits per heavy atom. The first-order valence-electron chi connectivity index (χ1n) is 8.73. The molecule has 2 aliphatic rings. The van der Waals surface area contributed by atoms with E-state index in [-0.39, 0.29) is 5.82 Å². The third-order valence-corrected chi connectivity index (χ3v) is 5.22. The maximum Gasteiger partial charge on any atom is 0.150 e. The van der Waals surface area contributed by atoms with Crippen LogP contribution >= 0.6 is 0 Å². The van der Waals surface area contributed by atoms with E-state index in [1.807, 2.05) is 12.1 Å². The molecule has 1 aliphatic heterocycles. The molecule has 1 heterocycles. The number of hydrogen-bond donors (Lipinski definition) is 0. The van der Waals surface area contributed by atoms with E-state index < -0.39 is 0 Å². The predicted molar refractivity (Wildman–Crippen MR) is 92.0 cm³/mol. The fourth-order valence-corrected chi connectivity index (χ4v) is 3.73. The van der Waals surface area contributed by atoms with Gasteiger partial charge in [0.25, 0.3) is 0 Å². The minimum Gasteiger partial charge on any atom is -0.381 e. The zero-order valence-electron chi connectivity index (χ0n) is 13.6. The highest BCUT2D eigenvalue weighted by Gasteiger charge is 2.29. The van der Waals surface area contributed by atoms with E-state index in [4.69, 9.17) is 4.74 Å². The lowest BCUT2D eigenvalue weighted by molar-refractivity contribution is 0.0849. The molecule has 0 bridgehead atoms. The smallest absolute Gasteiger partial charge is 0.150 e. The second-order valence-electron chi connectivity index (χ2n) is 6.85. The number of ether oxygens (including phenoxy) is 1. The Morgan fingerprint density at radius 1 is 0.917 bits per heavy atom. The van der Waals surface area contributed by atoms with E-state index >= 15 is 0 Å². The molecule has 3 heteroatoms. The van der Waals surface area contributed by atoms with Crippen molar-refractivity contribution >= 4 is 6.29 Å². The fourth-order valence-electron chi connectivity index (χ4n) is 3.73. The van der Waals surface area contributed by atoms with Gasteiger partial charge >= 0.3 is 0 Å². The molecular weight excluding hydrogens is 303 g/mol. The molecule has 0 amide bonds. The summed E-state index contributed by atoms with van der Waals surface area (Å²) in [7, 11) is 0. The third kappa shape index (κ3) is 3.01. The number of halogens is 1. The summed E-state index contributed by atoms with van der Waals surface area (Å²) in [4.78, 5) is 11.7. The van der Waals surface area contributed by atoms with Crippen molar-refractivity contribution in [3.63, 3.8) is 0 Å². The minimum atomic E-state index is -0.221. The molecule has 1 saturated heterocycles. The summed E-state index contributed by atoms with van der Waals surface area (Å²) in [6.45, 7) is 1.50. The van der Waals surface area contributed by atoms with Crippen molar-refractivity contribution in [2.45, 2.75) is 37.5 Å². The van der Waals surface area contributed by atoms with Gasteiger partial charge in [-0.2, -0.15) is 0 Å². The SMILES string of the molecule is O=Cc1cc(C2CC2)c(-c2ccc(F)cc2)cc1C1CCOCC1. The number of carbonyl (C=O) groups is 1. The molecule has 0 aromatic heterocycles. The van der Waals surface area contributed by atoms with E-state index in [0.717, 1.165) is 54.6 Å². The normalized spacial score (nSPS) is 18.5. The summed E-state index contributed by atoms with van der Waals surface area (Å²) in [5.41, 5.74) is 5.36. The van der Waals surface area contributed by atoms with Crippen LogP contribution in [0, 0.1) is 5.82 Å². The Kier molecular flexibility index (Phi) is 4.19. The number of rotatable bonds is 4. The van der Waals surface area contributed by atoms with Crippen LogP contribution in [0.25, 0.3) is 11.1 Å². The highest BCUT2D eigenvalue weighted by molar-refractivity contribution is 5.82. The van der Waals surface area contributed by atoms with Crippen molar-refractivity contribution in [3.8, 4) is 11.1 Å². The van der Waals surface area contributed by atoms with E-state index in [1.165, 1.54) is 30.5 Å². The molecule has 0 radical (unpaired) electrons. The van der Waals surface area contributed by atoms with Crippen LogP contribution in [0.15, 0.2) is 36.4 Å². The number of aldehydes is 1. The topological polar surface area (TPSA) is 26.3 Å². The van der Waals surface area contributed by atoms with Crippen molar-refractivity contribution in [3.05, 3.63) is 58.9 Å². The maximum absolute atomic E-state index is 13.3. The highest BCUT2D eigenvalue weighted by Crippen LogP contribution is 2.46. The minimum absolute atomic E-state index is 0.221. The average molecular weight is 324 g/mol. The molecule has 1 aliphatic carbocycles. The second-order valence-corrected chi connectivity index (χ2v) is 6.85. The van der Waals surface area contributed by atoms with Gasteiger partial charge in [0.05, 0.1) is 0 Å². The van der Waals surface area contributed by atoms with Gasteiger partial charge in [0.15, 0.2) is 0 Å². The average Bonchev–Trinajstić information content (AvgIpc) is 3.47. The van der Waals surface area contributed by atoms with Crippen LogP contribution < -0.4 is 0 Å². The molecule has 2 nitrogen and oxygen atoms in total. The molecule has 0 spiro atoms. The van der Waals surface area contributed by atoms with Gasteiger partial charge in [-0.3, -0.25) is 4.79 Å². The largest absolute Gasteiger partial charge is 0.381 e. The van der Waals surface area contributed by atoms with Crippen LogP contribution in [-0.2, 0) is 4.74 Å². The van der Waals surface area contributed by atoms with Crippen LogP contribution in [-0.4, -0.2) is 19.5 Å². The predicted octanol–water partition coefficient (Wildman–Crippen LogP) is 5.08. The summed E-state index contributed by atoms with van der Waals surface area (Å²) in [5, 5.41) is 0. The number of hydrogen-bond acceptors (Lipinski definition) is 2. The quantitative estimate of drug-likeness (QED) is 0.733. The molecule has 2 fully saturated rings. The molecular formula is C21H21FO2. The zero-order chi connectivity index (χ0) is 16.5. The van der Waals surface area contributed by atoms with Crippen molar-refractivity contribution in [2.75, 3.05) is 13.2 Å². The Balaban J connectivity index is 1.83. The molecule has 1 saturated carbocycles. The van der Waals surface area contributed by atoms with Gasteiger partial charge in [0.1, 0.15) is 12.1 Å². The molecule has 4 rings (SSSR count). The standard InChI is InChI=1S/C21H21FO2/c22-18-5-3-15(4-6-18)21-12-19(16-7-9-24-10-8-16)17(13-23)11-20(21)14-1-2-14/h3-6,11-14,16H,1-2,7-10H2. The van der Waals surface area contributed by atoms with Crippen LogP contribution in [0.5, 0.6) is 0 Å². The fraction of sp³-hybridized carbons (Fsp3) is 0.381. The van der Waals surface area contributed by atoms with E-state index in [1.54, 1.807) is 0 Å². The monoisotopic (exact) mass is 324 g/mol. The lowest BCUT2D eigenvalue weighted by Gasteiger charge is -2.25.